The number of hydrogen-bond donors (Lipinski definition) is 1. The molecule has 3 heterocycles. The quantitative estimate of drug-likeness (QED) is 0.642. The number of ether oxygens (including phenoxy) is 3. The summed E-state index contributed by atoms with van der Waals surface area (Å²) in [7, 11) is 1.61. The molecule has 2 bridgehead atoms. The number of rotatable bonds is 6. The van der Waals surface area contributed by atoms with Gasteiger partial charge in [-0.1, -0.05) is 44.2 Å². The predicted molar refractivity (Wildman–Crippen MR) is 127 cm³/mol. The van der Waals surface area contributed by atoms with Crippen LogP contribution in [0.5, 0.6) is 5.75 Å². The standard InChI is InChI=1S/C27H34N2O4/c1-27(2)15-21-13-20(19-5-4-6-22(14-19)32-17-31-3)7-8-23(21)25(27)28-26(30)33-24-16-29-11-9-18(24)10-12-29/h4-8,13-14,18,24-25H,9-12,15-17H2,1-3H3,(H,28,30)/t24-,25?/m1/s1. The van der Waals surface area contributed by atoms with Gasteiger partial charge >= 0.3 is 6.09 Å². The second-order valence-electron chi connectivity index (χ2n) is 10.3. The Labute approximate surface area is 196 Å². The van der Waals surface area contributed by atoms with Crippen LogP contribution in [-0.2, 0) is 15.9 Å². The van der Waals surface area contributed by atoms with Crippen LogP contribution in [0.4, 0.5) is 4.79 Å². The first kappa shape index (κ1) is 22.2. The van der Waals surface area contributed by atoms with Crippen molar-refractivity contribution in [3.8, 4) is 16.9 Å². The van der Waals surface area contributed by atoms with Crippen molar-refractivity contribution in [2.45, 2.75) is 45.3 Å². The average Bonchev–Trinajstić information content (AvgIpc) is 3.07. The van der Waals surface area contributed by atoms with E-state index in [1.54, 1.807) is 7.11 Å². The van der Waals surface area contributed by atoms with E-state index in [-0.39, 0.29) is 30.4 Å². The maximum atomic E-state index is 12.9. The van der Waals surface area contributed by atoms with Crippen LogP contribution in [0.25, 0.3) is 11.1 Å². The lowest BCUT2D eigenvalue weighted by Gasteiger charge is -2.44. The van der Waals surface area contributed by atoms with Crippen LogP contribution in [0, 0.1) is 11.3 Å². The minimum atomic E-state index is -0.285. The lowest BCUT2D eigenvalue weighted by Crippen LogP contribution is -2.53. The molecular formula is C27H34N2O4. The molecule has 3 saturated heterocycles. The summed E-state index contributed by atoms with van der Waals surface area (Å²) >= 11 is 0. The van der Waals surface area contributed by atoms with Crippen LogP contribution < -0.4 is 10.1 Å². The molecule has 0 saturated carbocycles. The topological polar surface area (TPSA) is 60.0 Å². The molecule has 3 fully saturated rings. The first-order chi connectivity index (χ1) is 15.9. The number of amides is 1. The molecule has 2 aromatic rings. The van der Waals surface area contributed by atoms with E-state index in [2.05, 4.69) is 48.3 Å². The molecule has 3 aliphatic heterocycles. The molecule has 2 atom stereocenters. The van der Waals surface area contributed by atoms with Crippen molar-refractivity contribution < 1.29 is 19.0 Å². The fraction of sp³-hybridized carbons (Fsp3) is 0.519. The largest absolute Gasteiger partial charge is 0.468 e. The van der Waals surface area contributed by atoms with Gasteiger partial charge in [0.1, 0.15) is 11.9 Å². The van der Waals surface area contributed by atoms with Gasteiger partial charge in [-0.3, -0.25) is 4.90 Å². The number of benzene rings is 2. The van der Waals surface area contributed by atoms with Gasteiger partial charge in [0.15, 0.2) is 6.79 Å². The highest BCUT2D eigenvalue weighted by Gasteiger charge is 2.42. The van der Waals surface area contributed by atoms with E-state index in [9.17, 15) is 4.79 Å². The van der Waals surface area contributed by atoms with Crippen LogP contribution in [0.15, 0.2) is 42.5 Å². The van der Waals surface area contributed by atoms with Crippen molar-refractivity contribution in [2.75, 3.05) is 33.5 Å². The van der Waals surface area contributed by atoms with E-state index in [4.69, 9.17) is 14.2 Å². The smallest absolute Gasteiger partial charge is 0.407 e. The van der Waals surface area contributed by atoms with Gasteiger partial charge in [-0.05, 0) is 78.1 Å². The molecule has 6 nitrogen and oxygen atoms in total. The third-order valence-electron chi connectivity index (χ3n) is 7.51. The SMILES string of the molecule is COCOc1cccc(-c2ccc3c(c2)CC(C)(C)C3NC(=O)O[C@@H]2CN3CCC2CC3)c1. The molecule has 1 aliphatic carbocycles. The van der Waals surface area contributed by atoms with E-state index in [1.807, 2.05) is 18.2 Å². The minimum Gasteiger partial charge on any atom is -0.468 e. The second kappa shape index (κ2) is 8.99. The lowest BCUT2D eigenvalue weighted by atomic mass is 9.85. The van der Waals surface area contributed by atoms with Gasteiger partial charge in [0.25, 0.3) is 0 Å². The Morgan fingerprint density at radius 2 is 1.91 bits per heavy atom. The van der Waals surface area contributed by atoms with Gasteiger partial charge < -0.3 is 19.5 Å². The second-order valence-corrected chi connectivity index (χ2v) is 10.3. The summed E-state index contributed by atoms with van der Waals surface area (Å²) in [5, 5.41) is 3.21. The zero-order valence-corrected chi connectivity index (χ0v) is 19.8. The molecular weight excluding hydrogens is 416 g/mol. The monoisotopic (exact) mass is 450 g/mol. The highest BCUT2D eigenvalue weighted by Crippen LogP contribution is 2.46. The number of fused-ring (bicyclic) bond motifs is 4. The maximum Gasteiger partial charge on any atom is 0.407 e. The number of piperidine rings is 3. The normalized spacial score (nSPS) is 27.1. The van der Waals surface area contributed by atoms with Crippen molar-refractivity contribution in [1.29, 1.82) is 0 Å². The fourth-order valence-electron chi connectivity index (χ4n) is 5.73. The number of alkyl carbamates (subject to hydrolysis) is 1. The number of hydrogen-bond acceptors (Lipinski definition) is 5. The number of nitrogens with zero attached hydrogens (tertiary/aromatic N) is 1. The van der Waals surface area contributed by atoms with E-state index >= 15 is 0 Å². The molecule has 1 amide bonds. The summed E-state index contributed by atoms with van der Waals surface area (Å²) in [5.74, 6) is 1.29. The number of carbonyl (C=O) groups is 1. The zero-order valence-electron chi connectivity index (χ0n) is 19.8. The van der Waals surface area contributed by atoms with Gasteiger partial charge in [-0.2, -0.15) is 0 Å². The Hall–Kier alpha value is -2.57. The van der Waals surface area contributed by atoms with Crippen LogP contribution in [-0.4, -0.2) is 50.6 Å². The number of nitrogens with one attached hydrogen (secondary N) is 1. The predicted octanol–water partition coefficient (Wildman–Crippen LogP) is 4.78. The summed E-state index contributed by atoms with van der Waals surface area (Å²) in [6, 6.07) is 14.5. The third kappa shape index (κ3) is 4.59. The summed E-state index contributed by atoms with van der Waals surface area (Å²) in [5.41, 5.74) is 4.61. The molecule has 176 valence electrons. The van der Waals surface area contributed by atoms with E-state index in [1.165, 1.54) is 11.1 Å². The van der Waals surface area contributed by atoms with Crippen LogP contribution in [0.2, 0.25) is 0 Å². The van der Waals surface area contributed by atoms with Crippen LogP contribution in [0.1, 0.15) is 43.9 Å². The first-order valence-electron chi connectivity index (χ1n) is 12.0. The zero-order chi connectivity index (χ0) is 23.0. The van der Waals surface area contributed by atoms with Crippen molar-refractivity contribution in [2.24, 2.45) is 11.3 Å². The molecule has 0 radical (unpaired) electrons. The summed E-state index contributed by atoms with van der Waals surface area (Å²) in [4.78, 5) is 15.3. The Morgan fingerprint density at radius 1 is 1.12 bits per heavy atom. The minimum absolute atomic E-state index is 0.0199. The first-order valence-corrected chi connectivity index (χ1v) is 12.0. The van der Waals surface area contributed by atoms with Gasteiger partial charge in [0.2, 0.25) is 0 Å². The van der Waals surface area contributed by atoms with Crippen LogP contribution in [0.3, 0.4) is 0 Å². The van der Waals surface area contributed by atoms with Crippen molar-refractivity contribution in [3.63, 3.8) is 0 Å². The molecule has 0 spiro atoms. The lowest BCUT2D eigenvalue weighted by molar-refractivity contribution is -0.0348. The maximum absolute atomic E-state index is 12.9. The Bertz CT molecular complexity index is 1010. The molecule has 0 aromatic heterocycles. The van der Waals surface area contributed by atoms with Gasteiger partial charge in [0, 0.05) is 13.7 Å². The highest BCUT2D eigenvalue weighted by atomic mass is 16.7. The molecule has 6 heteroatoms. The van der Waals surface area contributed by atoms with Crippen molar-refractivity contribution in [1.82, 2.24) is 10.2 Å². The summed E-state index contributed by atoms with van der Waals surface area (Å²) in [6.45, 7) is 7.80. The van der Waals surface area contributed by atoms with E-state index in [0.29, 0.717) is 5.92 Å². The molecule has 6 rings (SSSR count). The molecule has 1 N–H and O–H groups in total. The molecule has 2 aromatic carbocycles. The number of carbonyl (C=O) groups excluding carboxylic acids is 1. The highest BCUT2D eigenvalue weighted by molar-refractivity contribution is 5.70. The van der Waals surface area contributed by atoms with Crippen molar-refractivity contribution >= 4 is 6.09 Å². The van der Waals surface area contributed by atoms with Crippen LogP contribution >= 0.6 is 0 Å². The van der Waals surface area contributed by atoms with Gasteiger partial charge in [-0.15, -0.1) is 0 Å². The molecule has 4 aliphatic rings. The third-order valence-corrected chi connectivity index (χ3v) is 7.51. The molecule has 33 heavy (non-hydrogen) atoms. The van der Waals surface area contributed by atoms with Gasteiger partial charge in [-0.25, -0.2) is 4.79 Å². The Kier molecular flexibility index (Phi) is 6.06. The summed E-state index contributed by atoms with van der Waals surface area (Å²) < 4.78 is 16.5. The summed E-state index contributed by atoms with van der Waals surface area (Å²) in [6.07, 6.45) is 2.91. The van der Waals surface area contributed by atoms with E-state index in [0.717, 1.165) is 55.8 Å². The van der Waals surface area contributed by atoms with E-state index < -0.39 is 0 Å². The van der Waals surface area contributed by atoms with Crippen molar-refractivity contribution in [3.05, 3.63) is 53.6 Å². The molecule has 1 unspecified atom stereocenters. The van der Waals surface area contributed by atoms with Gasteiger partial charge in [0.05, 0.1) is 6.04 Å². The number of methoxy groups -OCH3 is 1. The fourth-order valence-corrected chi connectivity index (χ4v) is 5.73. The average molecular weight is 451 g/mol. The Morgan fingerprint density at radius 3 is 2.64 bits per heavy atom. The Balaban J connectivity index is 1.31.